The van der Waals surface area contributed by atoms with Gasteiger partial charge in [0.05, 0.1) is 29.9 Å². The van der Waals surface area contributed by atoms with E-state index in [1.54, 1.807) is 37.6 Å². The standard InChI is InChI=1S/C15H15N5O/c1-11-18-8-4-13(20-11)10-19-15(21)14-5-7-17-9-12(14)3-2-6-16/h4-5,7-9H,6,10,16H2,1H3,(H,19,21). The molecular formula is C15H15N5O. The fourth-order valence-electron chi connectivity index (χ4n) is 1.71. The van der Waals surface area contributed by atoms with Crippen molar-refractivity contribution in [3.63, 3.8) is 0 Å². The maximum atomic E-state index is 12.2. The molecule has 6 nitrogen and oxygen atoms in total. The van der Waals surface area contributed by atoms with Crippen LogP contribution in [0.4, 0.5) is 0 Å². The number of pyridine rings is 1. The highest BCUT2D eigenvalue weighted by atomic mass is 16.1. The molecule has 0 bridgehead atoms. The van der Waals surface area contributed by atoms with Gasteiger partial charge in [0.25, 0.3) is 5.91 Å². The fraction of sp³-hybridized carbons (Fsp3) is 0.200. The maximum Gasteiger partial charge on any atom is 0.252 e. The van der Waals surface area contributed by atoms with Crippen LogP contribution in [0.25, 0.3) is 0 Å². The molecule has 2 aromatic heterocycles. The lowest BCUT2D eigenvalue weighted by Crippen LogP contribution is -2.24. The van der Waals surface area contributed by atoms with Crippen LogP contribution in [-0.2, 0) is 6.54 Å². The summed E-state index contributed by atoms with van der Waals surface area (Å²) in [7, 11) is 0. The van der Waals surface area contributed by atoms with Gasteiger partial charge in [-0.2, -0.15) is 0 Å². The Hall–Kier alpha value is -2.78. The molecule has 0 radical (unpaired) electrons. The van der Waals surface area contributed by atoms with Gasteiger partial charge in [-0.15, -0.1) is 0 Å². The zero-order valence-electron chi connectivity index (χ0n) is 11.6. The Morgan fingerprint density at radius 2 is 2.24 bits per heavy atom. The van der Waals surface area contributed by atoms with Gasteiger partial charge in [-0.05, 0) is 19.1 Å². The van der Waals surface area contributed by atoms with Crippen molar-refractivity contribution < 1.29 is 4.79 Å². The van der Waals surface area contributed by atoms with Crippen molar-refractivity contribution in [1.29, 1.82) is 0 Å². The van der Waals surface area contributed by atoms with E-state index < -0.39 is 0 Å². The summed E-state index contributed by atoms with van der Waals surface area (Å²) in [6, 6.07) is 3.38. The van der Waals surface area contributed by atoms with Crippen LogP contribution in [0.1, 0.15) is 27.4 Å². The minimum absolute atomic E-state index is 0.227. The maximum absolute atomic E-state index is 12.2. The first-order valence-corrected chi connectivity index (χ1v) is 6.40. The SMILES string of the molecule is Cc1nccc(CNC(=O)c2ccncc2C#CCN)n1. The van der Waals surface area contributed by atoms with E-state index in [4.69, 9.17) is 5.73 Å². The van der Waals surface area contributed by atoms with Crippen molar-refractivity contribution in [2.45, 2.75) is 13.5 Å². The minimum atomic E-state index is -0.227. The Labute approximate surface area is 122 Å². The van der Waals surface area contributed by atoms with Crippen LogP contribution in [0.5, 0.6) is 0 Å². The van der Waals surface area contributed by atoms with Crippen molar-refractivity contribution >= 4 is 5.91 Å². The molecule has 0 aliphatic carbocycles. The number of nitrogens with zero attached hydrogens (tertiary/aromatic N) is 3. The lowest BCUT2D eigenvalue weighted by molar-refractivity contribution is 0.0950. The highest BCUT2D eigenvalue weighted by Gasteiger charge is 2.10. The number of carbonyl (C=O) groups is 1. The molecule has 3 N–H and O–H groups in total. The summed E-state index contributed by atoms with van der Waals surface area (Å²) in [6.07, 6.45) is 4.76. The quantitative estimate of drug-likeness (QED) is 0.795. The van der Waals surface area contributed by atoms with Crippen molar-refractivity contribution in [2.24, 2.45) is 5.73 Å². The van der Waals surface area contributed by atoms with Crippen molar-refractivity contribution in [1.82, 2.24) is 20.3 Å². The molecular weight excluding hydrogens is 266 g/mol. The molecule has 2 heterocycles. The van der Waals surface area contributed by atoms with Crippen LogP contribution in [0.15, 0.2) is 30.7 Å². The molecule has 0 aliphatic rings. The third-order valence-electron chi connectivity index (χ3n) is 2.65. The topological polar surface area (TPSA) is 93.8 Å². The van der Waals surface area contributed by atoms with E-state index in [0.717, 1.165) is 5.69 Å². The number of aromatic nitrogens is 3. The fourth-order valence-corrected chi connectivity index (χ4v) is 1.71. The second kappa shape index (κ2) is 7.12. The number of hydrogen-bond donors (Lipinski definition) is 2. The molecule has 1 amide bonds. The lowest BCUT2D eigenvalue weighted by atomic mass is 10.1. The van der Waals surface area contributed by atoms with Gasteiger partial charge in [0, 0.05) is 18.6 Å². The van der Waals surface area contributed by atoms with E-state index in [1.807, 2.05) is 0 Å². The van der Waals surface area contributed by atoms with Gasteiger partial charge in [0.1, 0.15) is 5.82 Å². The van der Waals surface area contributed by atoms with Crippen LogP contribution in [0.2, 0.25) is 0 Å². The number of nitrogens with two attached hydrogens (primary N) is 1. The Morgan fingerprint density at radius 1 is 1.38 bits per heavy atom. The highest BCUT2D eigenvalue weighted by molar-refractivity contribution is 5.96. The molecule has 0 atom stereocenters. The molecule has 2 rings (SSSR count). The van der Waals surface area contributed by atoms with E-state index in [9.17, 15) is 4.79 Å². The summed E-state index contributed by atoms with van der Waals surface area (Å²) >= 11 is 0. The summed E-state index contributed by atoms with van der Waals surface area (Å²) < 4.78 is 0. The predicted molar refractivity (Wildman–Crippen MR) is 78.1 cm³/mol. The normalized spacial score (nSPS) is 9.62. The second-order valence-electron chi connectivity index (χ2n) is 4.21. The van der Waals surface area contributed by atoms with Crippen molar-refractivity contribution in [3.05, 3.63) is 53.4 Å². The number of amides is 1. The van der Waals surface area contributed by atoms with Crippen LogP contribution in [0, 0.1) is 18.8 Å². The molecule has 0 saturated heterocycles. The monoisotopic (exact) mass is 281 g/mol. The highest BCUT2D eigenvalue weighted by Crippen LogP contribution is 2.05. The van der Waals surface area contributed by atoms with Gasteiger partial charge in [-0.3, -0.25) is 9.78 Å². The third kappa shape index (κ3) is 4.09. The Morgan fingerprint density at radius 3 is 3.00 bits per heavy atom. The predicted octanol–water partition coefficient (Wildman–Crippen LogP) is 0.420. The summed E-state index contributed by atoms with van der Waals surface area (Å²) in [5.41, 5.74) is 7.12. The summed E-state index contributed by atoms with van der Waals surface area (Å²) in [5.74, 6) is 6.00. The van der Waals surface area contributed by atoms with Crippen LogP contribution in [-0.4, -0.2) is 27.4 Å². The summed E-state index contributed by atoms with van der Waals surface area (Å²) in [6.45, 7) is 2.36. The Bertz CT molecular complexity index is 702. The minimum Gasteiger partial charge on any atom is -0.346 e. The van der Waals surface area contributed by atoms with Gasteiger partial charge >= 0.3 is 0 Å². The number of hydrogen-bond acceptors (Lipinski definition) is 5. The summed E-state index contributed by atoms with van der Waals surface area (Å²) in [4.78, 5) is 24.4. The smallest absolute Gasteiger partial charge is 0.252 e. The average Bonchev–Trinajstić information content (AvgIpc) is 2.51. The summed E-state index contributed by atoms with van der Waals surface area (Å²) in [5, 5.41) is 2.80. The van der Waals surface area contributed by atoms with Crippen molar-refractivity contribution in [2.75, 3.05) is 6.54 Å². The zero-order valence-corrected chi connectivity index (χ0v) is 11.6. The number of nitrogens with one attached hydrogen (secondary N) is 1. The first-order valence-electron chi connectivity index (χ1n) is 6.40. The van der Waals surface area contributed by atoms with Crippen molar-refractivity contribution in [3.8, 4) is 11.8 Å². The van der Waals surface area contributed by atoms with Gasteiger partial charge in [0.2, 0.25) is 0 Å². The molecule has 106 valence electrons. The Kier molecular flexibility index (Phi) is 4.96. The van der Waals surface area contributed by atoms with E-state index >= 15 is 0 Å². The van der Waals surface area contributed by atoms with Gasteiger partial charge < -0.3 is 11.1 Å². The van der Waals surface area contributed by atoms with Gasteiger partial charge in [0.15, 0.2) is 0 Å². The first kappa shape index (κ1) is 14.6. The van der Waals surface area contributed by atoms with Gasteiger partial charge in [-0.1, -0.05) is 11.8 Å². The average molecular weight is 281 g/mol. The number of rotatable bonds is 3. The first-order chi connectivity index (χ1) is 10.2. The lowest BCUT2D eigenvalue weighted by Gasteiger charge is -2.06. The molecule has 0 saturated carbocycles. The molecule has 2 aromatic rings. The molecule has 0 spiro atoms. The van der Waals surface area contributed by atoms with Crippen LogP contribution < -0.4 is 11.1 Å². The van der Waals surface area contributed by atoms with Gasteiger partial charge in [-0.25, -0.2) is 9.97 Å². The zero-order chi connectivity index (χ0) is 15.1. The van der Waals surface area contributed by atoms with E-state index in [2.05, 4.69) is 32.1 Å². The number of carbonyl (C=O) groups excluding carboxylic acids is 1. The molecule has 21 heavy (non-hydrogen) atoms. The molecule has 0 fully saturated rings. The molecule has 0 unspecified atom stereocenters. The molecule has 0 aromatic carbocycles. The molecule has 0 aliphatic heterocycles. The third-order valence-corrected chi connectivity index (χ3v) is 2.65. The van der Waals surface area contributed by atoms with E-state index in [-0.39, 0.29) is 12.5 Å². The number of aryl methyl sites for hydroxylation is 1. The van der Waals surface area contributed by atoms with Crippen LogP contribution in [0.3, 0.4) is 0 Å². The van der Waals surface area contributed by atoms with E-state index in [1.165, 1.54) is 0 Å². The molecule has 6 heteroatoms. The Balaban J connectivity index is 2.10. The van der Waals surface area contributed by atoms with Crippen LogP contribution >= 0.6 is 0 Å². The second-order valence-corrected chi connectivity index (χ2v) is 4.21. The largest absolute Gasteiger partial charge is 0.346 e. The van der Waals surface area contributed by atoms with E-state index in [0.29, 0.717) is 23.5 Å².